The molecule has 0 bridgehead atoms. The molecule has 2 aromatic carbocycles. The maximum Gasteiger partial charge on any atom is 2.00 e. The quantitative estimate of drug-likeness (QED) is 0.147. The van der Waals surface area contributed by atoms with Crippen molar-refractivity contribution < 1.29 is 151 Å². The summed E-state index contributed by atoms with van der Waals surface area (Å²) in [5.41, 5.74) is 3.31. The standard InChI is InChI=1S/C18H12N2O3S.4Na.Ru/c21-24(22,23)14-6-3-12(4-7-14)15-9-11-20-18-16(15)8-5-13-2-1-10-19-17(13)18;;;;;/h1-11H,(H,21,22,23);;;;;/q;4*+1;+2/p-1. The number of hydrogen-bond donors (Lipinski definition) is 0. The van der Waals surface area contributed by atoms with E-state index in [0.29, 0.717) is 0 Å². The van der Waals surface area contributed by atoms with Crippen LogP contribution in [0.4, 0.5) is 0 Å². The van der Waals surface area contributed by atoms with Gasteiger partial charge in [-0.3, -0.25) is 9.97 Å². The second kappa shape index (κ2) is 14.1. The van der Waals surface area contributed by atoms with Crippen molar-refractivity contribution in [3.05, 3.63) is 67.0 Å². The summed E-state index contributed by atoms with van der Waals surface area (Å²) in [6, 6.07) is 15.6. The maximum absolute atomic E-state index is 11.1. The average molecular weight is 528 g/mol. The summed E-state index contributed by atoms with van der Waals surface area (Å²) in [4.78, 5) is 8.61. The maximum atomic E-state index is 11.1. The molecule has 0 amide bonds. The second-order valence-electron chi connectivity index (χ2n) is 5.37. The molecule has 2 aromatic heterocycles. The van der Waals surface area contributed by atoms with E-state index < -0.39 is 10.1 Å². The minimum Gasteiger partial charge on any atom is -0.744 e. The number of aromatic nitrogens is 2. The van der Waals surface area contributed by atoms with Crippen molar-refractivity contribution in [2.75, 3.05) is 0 Å². The van der Waals surface area contributed by atoms with Gasteiger partial charge in [0.15, 0.2) is 0 Å². The van der Waals surface area contributed by atoms with E-state index in [1.54, 1.807) is 24.5 Å². The van der Waals surface area contributed by atoms with Gasteiger partial charge in [0.2, 0.25) is 0 Å². The van der Waals surface area contributed by atoms with E-state index in [0.717, 1.165) is 32.9 Å². The van der Waals surface area contributed by atoms with Gasteiger partial charge < -0.3 is 4.55 Å². The van der Waals surface area contributed by atoms with Gasteiger partial charge in [-0.1, -0.05) is 30.3 Å². The van der Waals surface area contributed by atoms with Crippen LogP contribution >= 0.6 is 0 Å². The van der Waals surface area contributed by atoms with Crippen molar-refractivity contribution in [1.82, 2.24) is 9.97 Å². The summed E-state index contributed by atoms with van der Waals surface area (Å²) >= 11 is 0. The minimum absolute atomic E-state index is 0. The fourth-order valence-electron chi connectivity index (χ4n) is 2.81. The minimum atomic E-state index is -4.45. The van der Waals surface area contributed by atoms with Crippen LogP contribution in [0.25, 0.3) is 32.9 Å². The van der Waals surface area contributed by atoms with E-state index in [2.05, 4.69) is 9.97 Å². The average Bonchev–Trinajstić information content (AvgIpc) is 2.60. The Morgan fingerprint density at radius 3 is 1.97 bits per heavy atom. The Kier molecular flexibility index (Phi) is 16.1. The van der Waals surface area contributed by atoms with E-state index in [4.69, 9.17) is 0 Å². The molecule has 4 aromatic rings. The third-order valence-electron chi connectivity index (χ3n) is 3.94. The zero-order valence-corrected chi connectivity index (χ0v) is 27.3. The summed E-state index contributed by atoms with van der Waals surface area (Å²) < 4.78 is 33.2. The second-order valence-corrected chi connectivity index (χ2v) is 6.75. The summed E-state index contributed by atoms with van der Waals surface area (Å²) in [6.07, 6.45) is 3.42. The molecule has 0 aliphatic carbocycles. The molecule has 124 valence electrons. The van der Waals surface area contributed by atoms with E-state index in [-0.39, 0.29) is 143 Å². The van der Waals surface area contributed by atoms with Gasteiger partial charge >= 0.3 is 138 Å². The van der Waals surface area contributed by atoms with Crippen LogP contribution in [0.2, 0.25) is 0 Å². The van der Waals surface area contributed by atoms with Crippen LogP contribution in [0.15, 0.2) is 71.9 Å². The number of nitrogens with zero attached hydrogens (tertiary/aromatic N) is 2. The first-order valence-corrected chi connectivity index (χ1v) is 8.64. The number of benzene rings is 2. The Morgan fingerprint density at radius 2 is 1.34 bits per heavy atom. The van der Waals surface area contributed by atoms with Crippen LogP contribution in [0, 0.1) is 0 Å². The smallest absolute Gasteiger partial charge is 0.744 e. The SMILES string of the molecule is O=S(=O)([O-])c1ccc(-c2ccnc3c2ccc2cccnc23)cc1.[Na+].[Na+].[Na+].[Na+].[Ru+2]. The van der Waals surface area contributed by atoms with Gasteiger partial charge in [0.25, 0.3) is 0 Å². The first-order valence-electron chi connectivity index (χ1n) is 7.23. The predicted molar refractivity (Wildman–Crippen MR) is 90.4 cm³/mol. The molecule has 0 N–H and O–H groups in total. The molecular weight excluding hydrogens is 517 g/mol. The fraction of sp³-hybridized carbons (Fsp3) is 0. The van der Waals surface area contributed by atoms with Crippen molar-refractivity contribution in [1.29, 1.82) is 0 Å². The molecule has 0 spiro atoms. The van der Waals surface area contributed by atoms with Gasteiger partial charge in [0.05, 0.1) is 15.9 Å². The Labute approximate surface area is 270 Å². The van der Waals surface area contributed by atoms with E-state index in [1.165, 1.54) is 12.1 Å². The van der Waals surface area contributed by atoms with Gasteiger partial charge in [-0.05, 0) is 35.4 Å². The first kappa shape index (κ1) is 33.0. The predicted octanol–water partition coefficient (Wildman–Crippen LogP) is -8.63. The van der Waals surface area contributed by atoms with Crippen molar-refractivity contribution in [3.8, 4) is 11.1 Å². The monoisotopic (exact) mass is 529 g/mol. The van der Waals surface area contributed by atoms with E-state index >= 15 is 0 Å². The Balaban J connectivity index is 0. The zero-order chi connectivity index (χ0) is 16.7. The topological polar surface area (TPSA) is 83.0 Å². The van der Waals surface area contributed by atoms with Crippen molar-refractivity contribution in [3.63, 3.8) is 0 Å². The molecule has 0 saturated carbocycles. The molecular formula is C18H11N2Na4O3RuS+5. The van der Waals surface area contributed by atoms with Crippen molar-refractivity contribution in [2.45, 2.75) is 4.90 Å². The molecule has 0 aliphatic rings. The molecule has 29 heavy (non-hydrogen) atoms. The molecule has 11 heteroatoms. The summed E-state index contributed by atoms with van der Waals surface area (Å²) in [7, 11) is -4.45. The Hall–Kier alpha value is 1.79. The molecule has 5 nitrogen and oxygen atoms in total. The summed E-state index contributed by atoms with van der Waals surface area (Å²) in [5.74, 6) is 0. The first-order chi connectivity index (χ1) is 11.5. The molecule has 0 saturated heterocycles. The fourth-order valence-corrected chi connectivity index (χ4v) is 3.28. The molecule has 0 radical (unpaired) electrons. The Morgan fingerprint density at radius 1 is 0.724 bits per heavy atom. The molecule has 0 fully saturated rings. The number of fused-ring (bicyclic) bond motifs is 3. The molecule has 0 aliphatic heterocycles. The molecule has 0 atom stereocenters. The van der Waals surface area contributed by atoms with Crippen LogP contribution in [0.5, 0.6) is 0 Å². The summed E-state index contributed by atoms with van der Waals surface area (Å²) in [6.45, 7) is 0. The van der Waals surface area contributed by atoms with E-state index in [9.17, 15) is 13.0 Å². The third kappa shape index (κ3) is 7.39. The van der Waals surface area contributed by atoms with Crippen LogP contribution in [0.3, 0.4) is 0 Å². The molecule has 0 unspecified atom stereocenters. The van der Waals surface area contributed by atoms with Crippen LogP contribution < -0.4 is 118 Å². The molecule has 2 heterocycles. The van der Waals surface area contributed by atoms with Crippen molar-refractivity contribution >= 4 is 31.9 Å². The number of pyridine rings is 2. The Bertz CT molecular complexity index is 1190. The van der Waals surface area contributed by atoms with Crippen LogP contribution in [-0.2, 0) is 29.6 Å². The number of hydrogen-bond acceptors (Lipinski definition) is 5. The third-order valence-corrected chi connectivity index (χ3v) is 4.79. The van der Waals surface area contributed by atoms with Crippen molar-refractivity contribution in [2.24, 2.45) is 0 Å². The normalized spacial score (nSPS) is 9.83. The van der Waals surface area contributed by atoms with Gasteiger partial charge in [-0.2, -0.15) is 0 Å². The molecule has 4 rings (SSSR count). The van der Waals surface area contributed by atoms with Gasteiger partial charge in [-0.15, -0.1) is 0 Å². The van der Waals surface area contributed by atoms with Gasteiger partial charge in [-0.25, -0.2) is 8.42 Å². The largest absolute Gasteiger partial charge is 2.00 e. The summed E-state index contributed by atoms with van der Waals surface area (Å²) in [5, 5.41) is 1.92. The zero-order valence-electron chi connectivity index (χ0n) is 16.7. The number of rotatable bonds is 2. The van der Waals surface area contributed by atoms with Crippen LogP contribution in [0.1, 0.15) is 0 Å². The van der Waals surface area contributed by atoms with Crippen LogP contribution in [-0.4, -0.2) is 22.9 Å². The van der Waals surface area contributed by atoms with Gasteiger partial charge in [0.1, 0.15) is 10.1 Å². The van der Waals surface area contributed by atoms with E-state index in [1.807, 2.05) is 30.3 Å². The van der Waals surface area contributed by atoms with Gasteiger partial charge in [0, 0.05) is 23.2 Å².